The van der Waals surface area contributed by atoms with Gasteiger partial charge in [0.25, 0.3) is 0 Å². The third-order valence-corrected chi connectivity index (χ3v) is 4.77. The van der Waals surface area contributed by atoms with E-state index in [0.29, 0.717) is 16.3 Å². The lowest BCUT2D eigenvalue weighted by molar-refractivity contribution is -0.137. The maximum absolute atomic E-state index is 13.3. The Hall–Kier alpha value is -2.52. The van der Waals surface area contributed by atoms with Crippen molar-refractivity contribution >= 4 is 27.5 Å². The number of carbonyl (C=O) groups is 1. The quantitative estimate of drug-likeness (QED) is 0.652. The summed E-state index contributed by atoms with van der Waals surface area (Å²) in [6.45, 7) is -0.318. The van der Waals surface area contributed by atoms with Crippen LogP contribution < -0.4 is 0 Å². The second-order valence-electron chi connectivity index (χ2n) is 5.30. The second-order valence-corrected chi connectivity index (χ2v) is 6.38. The Morgan fingerprint density at radius 3 is 2.52 bits per heavy atom. The average Bonchev–Trinajstić information content (AvgIpc) is 3.06. The summed E-state index contributed by atoms with van der Waals surface area (Å²) in [7, 11) is 0. The van der Waals surface area contributed by atoms with E-state index in [1.807, 2.05) is 0 Å². The maximum Gasteiger partial charge on any atom is 0.417 e. The summed E-state index contributed by atoms with van der Waals surface area (Å²) in [6, 6.07) is 5.78. The predicted molar refractivity (Wildman–Crippen MR) is 86.0 cm³/mol. The normalized spacial score (nSPS) is 12.0. The van der Waals surface area contributed by atoms with E-state index in [1.165, 1.54) is 16.7 Å². The molecule has 0 spiro atoms. The number of hydrogen-bond donors (Lipinski definition) is 3. The molecule has 0 atom stereocenters. The van der Waals surface area contributed by atoms with Crippen LogP contribution >= 0.6 is 11.3 Å². The Labute approximate surface area is 143 Å². The van der Waals surface area contributed by atoms with Gasteiger partial charge in [-0.05, 0) is 30.3 Å². The number of nitrogens with zero attached hydrogens (tertiary/aromatic N) is 1. The molecule has 132 valence electrons. The first-order valence-corrected chi connectivity index (χ1v) is 7.92. The minimum absolute atomic E-state index is 0.00675. The number of carboxylic acid groups (broad SMARTS) is 1. The molecule has 5 nitrogen and oxygen atoms in total. The van der Waals surface area contributed by atoms with Crippen LogP contribution in [0.25, 0.3) is 21.5 Å². The van der Waals surface area contributed by atoms with Gasteiger partial charge in [0.15, 0.2) is 0 Å². The lowest BCUT2D eigenvalue weighted by Crippen LogP contribution is -2.10. The monoisotopic (exact) mass is 371 g/mol. The number of benzene rings is 1. The molecule has 0 fully saturated rings. The standard InChI is InChI=1S/C16H12F3NO4S/c17-16(18,19)10-5-8(22)1-2-9(10)11-6-13-12(20(11)3-4-21)7-14(25-13)15(23)24/h1-2,5-7,21-22H,3-4H2,(H,23,24). The number of thiophene rings is 1. The number of aliphatic hydroxyl groups is 1. The predicted octanol–water partition coefficient (Wildman–Crippen LogP) is 3.78. The minimum Gasteiger partial charge on any atom is -0.508 e. The topological polar surface area (TPSA) is 82.7 Å². The van der Waals surface area contributed by atoms with Crippen LogP contribution in [0.5, 0.6) is 5.75 Å². The fraction of sp³-hybridized carbons (Fsp3) is 0.188. The Morgan fingerprint density at radius 1 is 1.20 bits per heavy atom. The van der Waals surface area contributed by atoms with Crippen LogP contribution in [0.1, 0.15) is 15.2 Å². The third-order valence-electron chi connectivity index (χ3n) is 3.71. The van der Waals surface area contributed by atoms with Gasteiger partial charge in [0, 0.05) is 12.1 Å². The molecule has 1 aromatic carbocycles. The Kier molecular flexibility index (Phi) is 4.21. The number of phenols is 1. The van der Waals surface area contributed by atoms with Crippen LogP contribution in [0, 0.1) is 0 Å². The third kappa shape index (κ3) is 3.08. The molecule has 2 heterocycles. The van der Waals surface area contributed by atoms with E-state index in [2.05, 4.69) is 0 Å². The molecule has 0 radical (unpaired) electrons. The number of alkyl halides is 3. The van der Waals surface area contributed by atoms with Gasteiger partial charge in [0.1, 0.15) is 10.6 Å². The molecule has 3 N–H and O–H groups in total. The number of rotatable bonds is 4. The van der Waals surface area contributed by atoms with Crippen molar-refractivity contribution in [2.24, 2.45) is 0 Å². The fourth-order valence-corrected chi connectivity index (χ4v) is 3.64. The van der Waals surface area contributed by atoms with Gasteiger partial charge in [-0.3, -0.25) is 0 Å². The minimum atomic E-state index is -4.68. The molecule has 0 aliphatic carbocycles. The number of aliphatic hydroxyl groups excluding tert-OH is 1. The van der Waals surface area contributed by atoms with E-state index in [9.17, 15) is 28.2 Å². The van der Waals surface area contributed by atoms with E-state index in [-0.39, 0.29) is 29.3 Å². The molecule has 0 unspecified atom stereocenters. The molecule has 0 aliphatic rings. The molecule has 25 heavy (non-hydrogen) atoms. The molecular weight excluding hydrogens is 359 g/mol. The molecule has 0 aliphatic heterocycles. The van der Waals surface area contributed by atoms with Crippen molar-refractivity contribution in [3.8, 4) is 17.0 Å². The first-order chi connectivity index (χ1) is 11.7. The van der Waals surface area contributed by atoms with E-state index < -0.39 is 23.5 Å². The summed E-state index contributed by atoms with van der Waals surface area (Å²) in [5, 5.41) is 27.7. The lowest BCUT2D eigenvalue weighted by Gasteiger charge is -2.15. The molecule has 9 heteroatoms. The number of phenolic OH excluding ortho intramolecular Hbond substituents is 1. The zero-order valence-electron chi connectivity index (χ0n) is 12.5. The van der Waals surface area contributed by atoms with Gasteiger partial charge in [-0.1, -0.05) is 0 Å². The summed E-state index contributed by atoms with van der Waals surface area (Å²) in [5.41, 5.74) is -0.526. The van der Waals surface area contributed by atoms with E-state index in [1.54, 1.807) is 0 Å². The number of aromatic nitrogens is 1. The van der Waals surface area contributed by atoms with Crippen molar-refractivity contribution in [2.45, 2.75) is 12.7 Å². The van der Waals surface area contributed by atoms with Crippen LogP contribution in [-0.2, 0) is 12.7 Å². The zero-order chi connectivity index (χ0) is 18.4. The van der Waals surface area contributed by atoms with Crippen molar-refractivity contribution in [2.75, 3.05) is 6.61 Å². The highest BCUT2D eigenvalue weighted by Gasteiger charge is 2.35. The number of aromatic carboxylic acids is 1. The van der Waals surface area contributed by atoms with Gasteiger partial charge in [0.2, 0.25) is 0 Å². The second kappa shape index (κ2) is 6.08. The first-order valence-electron chi connectivity index (χ1n) is 7.10. The number of fused-ring (bicyclic) bond motifs is 1. The molecule has 2 aromatic heterocycles. The van der Waals surface area contributed by atoms with Gasteiger partial charge in [0.05, 0.1) is 28.1 Å². The summed E-state index contributed by atoms with van der Waals surface area (Å²) in [6.07, 6.45) is -4.68. The smallest absolute Gasteiger partial charge is 0.417 e. The molecule has 0 saturated heterocycles. The highest BCUT2D eigenvalue weighted by molar-refractivity contribution is 7.20. The van der Waals surface area contributed by atoms with Gasteiger partial charge < -0.3 is 19.9 Å². The summed E-state index contributed by atoms with van der Waals surface area (Å²) < 4.78 is 42.0. The van der Waals surface area contributed by atoms with Gasteiger partial charge in [-0.15, -0.1) is 11.3 Å². The molecule has 0 amide bonds. The maximum atomic E-state index is 13.3. The zero-order valence-corrected chi connectivity index (χ0v) is 13.4. The lowest BCUT2D eigenvalue weighted by atomic mass is 10.0. The van der Waals surface area contributed by atoms with Crippen molar-refractivity contribution in [3.05, 3.63) is 40.8 Å². The Morgan fingerprint density at radius 2 is 1.92 bits per heavy atom. The number of carboxylic acids is 1. The van der Waals surface area contributed by atoms with Crippen LogP contribution in [0.15, 0.2) is 30.3 Å². The number of halogens is 3. The summed E-state index contributed by atoms with van der Waals surface area (Å²) in [4.78, 5) is 11.2. The van der Waals surface area contributed by atoms with Crippen molar-refractivity contribution in [1.29, 1.82) is 0 Å². The summed E-state index contributed by atoms with van der Waals surface area (Å²) >= 11 is 0.945. The summed E-state index contributed by atoms with van der Waals surface area (Å²) in [5.74, 6) is -1.63. The molecule has 0 saturated carbocycles. The van der Waals surface area contributed by atoms with Gasteiger partial charge in [-0.2, -0.15) is 13.2 Å². The Balaban J connectivity index is 2.27. The molecular formula is C16H12F3NO4S. The van der Waals surface area contributed by atoms with E-state index in [4.69, 9.17) is 5.11 Å². The number of aromatic hydroxyl groups is 1. The molecule has 3 aromatic rings. The highest BCUT2D eigenvalue weighted by atomic mass is 32.1. The van der Waals surface area contributed by atoms with Crippen LogP contribution in [-0.4, -0.2) is 32.5 Å². The first kappa shape index (κ1) is 17.3. The van der Waals surface area contributed by atoms with Crippen molar-refractivity contribution in [1.82, 2.24) is 4.57 Å². The largest absolute Gasteiger partial charge is 0.508 e. The van der Waals surface area contributed by atoms with Gasteiger partial charge in [-0.25, -0.2) is 4.79 Å². The highest BCUT2D eigenvalue weighted by Crippen LogP contribution is 2.41. The molecule has 0 bridgehead atoms. The van der Waals surface area contributed by atoms with Crippen molar-refractivity contribution in [3.63, 3.8) is 0 Å². The van der Waals surface area contributed by atoms with Crippen LogP contribution in [0.2, 0.25) is 0 Å². The SMILES string of the molecule is O=C(O)c1cc2c(cc(-c3ccc(O)cc3C(F)(F)F)n2CCO)s1. The molecule has 3 rings (SSSR count). The average molecular weight is 371 g/mol. The fourth-order valence-electron chi connectivity index (χ4n) is 2.70. The van der Waals surface area contributed by atoms with Crippen LogP contribution in [0.3, 0.4) is 0 Å². The Bertz CT molecular complexity index is 958. The number of hydrogen-bond acceptors (Lipinski definition) is 4. The van der Waals surface area contributed by atoms with Gasteiger partial charge >= 0.3 is 12.1 Å². The van der Waals surface area contributed by atoms with E-state index >= 15 is 0 Å². The van der Waals surface area contributed by atoms with Crippen LogP contribution in [0.4, 0.5) is 13.2 Å². The van der Waals surface area contributed by atoms with Crippen molar-refractivity contribution < 1.29 is 33.3 Å². The van der Waals surface area contributed by atoms with E-state index in [0.717, 1.165) is 23.5 Å².